The van der Waals surface area contributed by atoms with Crippen LogP contribution in [0.1, 0.15) is 89.6 Å². The number of rotatable bonds is 9. The number of aromatic nitrogens is 2. The Bertz CT molecular complexity index is 2510. The van der Waals surface area contributed by atoms with Crippen LogP contribution in [0, 0.1) is 17.3 Å². The molecule has 3 saturated heterocycles. The number of ether oxygens (including phenoxy) is 1. The van der Waals surface area contributed by atoms with E-state index in [1.54, 1.807) is 11.9 Å². The monoisotopic (exact) mass is 899 g/mol. The van der Waals surface area contributed by atoms with Crippen LogP contribution in [0.3, 0.4) is 0 Å². The number of likely N-dealkylation sites (N-methyl/N-ethyl adjacent to an activating group) is 1. The van der Waals surface area contributed by atoms with Gasteiger partial charge in [0.25, 0.3) is 5.91 Å². The fourth-order valence-electron chi connectivity index (χ4n) is 10.6. The maximum atomic E-state index is 14.7. The summed E-state index contributed by atoms with van der Waals surface area (Å²) in [7, 11) is 1.62. The molecular formula is C52H66N8O6. The second-order valence-corrected chi connectivity index (χ2v) is 19.7. The van der Waals surface area contributed by atoms with E-state index in [0.29, 0.717) is 38.8 Å². The highest BCUT2D eigenvalue weighted by molar-refractivity contribution is 5.96. The van der Waals surface area contributed by atoms with E-state index in [-0.39, 0.29) is 49.3 Å². The van der Waals surface area contributed by atoms with E-state index in [2.05, 4.69) is 84.4 Å². The second kappa shape index (κ2) is 19.5. The number of esters is 1. The number of cyclic esters (lactones) is 1. The molecule has 66 heavy (non-hydrogen) atoms. The molecule has 6 heterocycles. The molecule has 2 aromatic carbocycles. The Balaban J connectivity index is 1.18. The summed E-state index contributed by atoms with van der Waals surface area (Å²) >= 11 is 0. The average Bonchev–Trinajstić information content (AvgIpc) is 4.10. The third kappa shape index (κ3) is 9.53. The second-order valence-electron chi connectivity index (χ2n) is 19.7. The zero-order valence-corrected chi connectivity index (χ0v) is 39.4. The number of benzene rings is 2. The molecule has 5 atom stereocenters. The summed E-state index contributed by atoms with van der Waals surface area (Å²) in [4.78, 5) is 77.5. The van der Waals surface area contributed by atoms with Gasteiger partial charge in [0.2, 0.25) is 17.7 Å². The van der Waals surface area contributed by atoms with Crippen molar-refractivity contribution in [3.63, 3.8) is 0 Å². The van der Waals surface area contributed by atoms with Crippen LogP contribution >= 0.6 is 0 Å². The van der Waals surface area contributed by atoms with E-state index in [4.69, 9.17) is 9.72 Å². The van der Waals surface area contributed by atoms with Gasteiger partial charge in [0, 0.05) is 67.7 Å². The first-order valence-corrected chi connectivity index (χ1v) is 23.8. The molecular weight excluding hydrogens is 833 g/mol. The van der Waals surface area contributed by atoms with E-state index in [9.17, 15) is 24.0 Å². The van der Waals surface area contributed by atoms with Gasteiger partial charge in [0.15, 0.2) is 0 Å². The SMILES string of the molecule is C=CC(=O)N1CC[C@H](C(=O)N(C)C(C(=O)N[C@H]2Cc3cccc(c3)-c3ccc4c(c3)c(c(-c3cccnc3[C@H]3CCCN3)n4CC)CC(C)(C)COC(=O)[C@@H]3CCCN(N3)C2=O)C(C)C)C1. The van der Waals surface area contributed by atoms with Crippen LogP contribution in [-0.2, 0) is 48.1 Å². The molecule has 8 rings (SSSR count). The summed E-state index contributed by atoms with van der Waals surface area (Å²) in [5.41, 5.74) is 11.1. The highest BCUT2D eigenvalue weighted by Gasteiger charge is 2.40. The third-order valence-corrected chi connectivity index (χ3v) is 14.0. The molecule has 0 saturated carbocycles. The van der Waals surface area contributed by atoms with Gasteiger partial charge in [-0.2, -0.15) is 0 Å². The van der Waals surface area contributed by atoms with Gasteiger partial charge in [-0.1, -0.05) is 64.6 Å². The van der Waals surface area contributed by atoms with E-state index in [1.165, 1.54) is 21.5 Å². The molecule has 14 heteroatoms. The fourth-order valence-corrected chi connectivity index (χ4v) is 10.6. The zero-order valence-electron chi connectivity index (χ0n) is 39.4. The van der Waals surface area contributed by atoms with Crippen LogP contribution in [-0.4, -0.2) is 112 Å². The number of hydrazine groups is 1. The number of nitrogens with zero attached hydrogens (tertiary/aromatic N) is 5. The molecule has 3 N–H and O–H groups in total. The topological polar surface area (TPSA) is 158 Å². The minimum atomic E-state index is -1.04. The number of fused-ring (bicyclic) bond motifs is 6. The molecule has 6 bridgehead atoms. The lowest BCUT2D eigenvalue weighted by molar-refractivity contribution is -0.155. The third-order valence-electron chi connectivity index (χ3n) is 14.0. The lowest BCUT2D eigenvalue weighted by Gasteiger charge is -2.37. The van der Waals surface area contributed by atoms with Gasteiger partial charge in [-0.05, 0) is 111 Å². The first kappa shape index (κ1) is 46.7. The molecule has 350 valence electrons. The molecule has 2 aromatic heterocycles. The first-order chi connectivity index (χ1) is 31.7. The van der Waals surface area contributed by atoms with Crippen molar-refractivity contribution in [2.75, 3.05) is 39.8 Å². The Morgan fingerprint density at radius 3 is 2.55 bits per heavy atom. The predicted octanol–water partition coefficient (Wildman–Crippen LogP) is 5.98. The van der Waals surface area contributed by atoms with Crippen molar-refractivity contribution in [2.45, 2.75) is 110 Å². The zero-order chi connectivity index (χ0) is 46.9. The summed E-state index contributed by atoms with van der Waals surface area (Å²) in [5.74, 6) is -2.50. The van der Waals surface area contributed by atoms with E-state index >= 15 is 0 Å². The summed E-state index contributed by atoms with van der Waals surface area (Å²) in [6, 6.07) is 16.4. The van der Waals surface area contributed by atoms with E-state index in [0.717, 1.165) is 70.5 Å². The summed E-state index contributed by atoms with van der Waals surface area (Å²) < 4.78 is 8.55. The minimum absolute atomic E-state index is 0.157. The number of hydrogen-bond donors (Lipinski definition) is 3. The molecule has 0 aliphatic carbocycles. The molecule has 4 amide bonds. The molecule has 14 nitrogen and oxygen atoms in total. The van der Waals surface area contributed by atoms with Crippen molar-refractivity contribution in [3.05, 3.63) is 90.3 Å². The number of hydrogen-bond acceptors (Lipinski definition) is 9. The summed E-state index contributed by atoms with van der Waals surface area (Å²) in [5, 5.41) is 9.31. The normalized spacial score (nSPS) is 22.8. The number of nitrogens with one attached hydrogen (secondary N) is 3. The Hall–Kier alpha value is -5.86. The van der Waals surface area contributed by atoms with Gasteiger partial charge in [0.1, 0.15) is 18.1 Å². The predicted molar refractivity (Wildman–Crippen MR) is 254 cm³/mol. The van der Waals surface area contributed by atoms with Crippen LogP contribution in [0.5, 0.6) is 0 Å². The van der Waals surface area contributed by atoms with Crippen molar-refractivity contribution in [3.8, 4) is 22.4 Å². The Morgan fingerprint density at radius 2 is 1.80 bits per heavy atom. The van der Waals surface area contributed by atoms with Crippen molar-refractivity contribution in [1.82, 2.24) is 40.4 Å². The maximum absolute atomic E-state index is 14.7. The van der Waals surface area contributed by atoms with Crippen LogP contribution in [0.4, 0.5) is 0 Å². The van der Waals surface area contributed by atoms with Crippen molar-refractivity contribution in [1.29, 1.82) is 0 Å². The van der Waals surface area contributed by atoms with Crippen molar-refractivity contribution < 1.29 is 28.7 Å². The van der Waals surface area contributed by atoms with Crippen molar-refractivity contribution >= 4 is 40.5 Å². The van der Waals surface area contributed by atoms with E-state index in [1.807, 2.05) is 38.2 Å². The molecule has 1 unspecified atom stereocenters. The molecule has 4 aliphatic heterocycles. The summed E-state index contributed by atoms with van der Waals surface area (Å²) in [6.07, 6.45) is 7.56. The van der Waals surface area contributed by atoms with Gasteiger partial charge >= 0.3 is 5.97 Å². The number of likely N-dealkylation sites (tertiary alicyclic amines) is 1. The quantitative estimate of drug-likeness (QED) is 0.136. The standard InChI is InChI=1S/C52H66N8O6/c1-8-44(61)58-25-21-36(30-58)49(63)57(7)46(32(3)4)48(62)55-42-27-33-14-10-15-34(26-33)35-19-20-43-38(28-35)39(29-52(5,6)31-66-51(65)41-18-13-24-60(56-41)50(42)64)47(59(43)9-2)37-16-11-23-54-45(37)40-17-12-22-53-40/h8,10-11,14-16,19-20,23,26,28,32,36,40-42,46,53,56H,1,9,12-13,17-18,21-22,24-25,27,29-31H2,2-7H3,(H,55,62)/t36-,40+,41-,42-,46?/m0/s1. The number of pyridine rings is 1. The lowest BCUT2D eigenvalue weighted by Crippen LogP contribution is -2.62. The maximum Gasteiger partial charge on any atom is 0.324 e. The highest BCUT2D eigenvalue weighted by atomic mass is 16.5. The molecule has 3 fully saturated rings. The lowest BCUT2D eigenvalue weighted by atomic mass is 9.84. The molecule has 4 aromatic rings. The fraction of sp³-hybridized carbons (Fsp3) is 0.500. The largest absolute Gasteiger partial charge is 0.464 e. The highest BCUT2D eigenvalue weighted by Crippen LogP contribution is 2.42. The Labute approximate surface area is 388 Å². The van der Waals surface area contributed by atoms with Crippen LogP contribution in [0.2, 0.25) is 0 Å². The molecule has 4 aliphatic rings. The van der Waals surface area contributed by atoms with Crippen molar-refractivity contribution in [2.24, 2.45) is 17.3 Å². The smallest absolute Gasteiger partial charge is 0.324 e. The minimum Gasteiger partial charge on any atom is -0.464 e. The number of aryl methyl sites for hydroxylation is 1. The number of amides is 4. The van der Waals surface area contributed by atoms with Gasteiger partial charge in [-0.3, -0.25) is 34.0 Å². The Kier molecular flexibility index (Phi) is 13.8. The average molecular weight is 899 g/mol. The first-order valence-electron chi connectivity index (χ1n) is 23.8. The van der Waals surface area contributed by atoms with Crippen LogP contribution in [0.25, 0.3) is 33.3 Å². The van der Waals surface area contributed by atoms with Gasteiger partial charge < -0.3 is 29.7 Å². The molecule has 0 radical (unpaired) electrons. The van der Waals surface area contributed by atoms with Gasteiger partial charge in [-0.15, -0.1) is 0 Å². The number of carbonyl (C=O) groups excluding carboxylic acids is 5. The van der Waals surface area contributed by atoms with E-state index < -0.39 is 41.3 Å². The van der Waals surface area contributed by atoms with Crippen LogP contribution in [0.15, 0.2) is 73.4 Å². The number of carbonyl (C=O) groups is 5. The van der Waals surface area contributed by atoms with Gasteiger partial charge in [-0.25, -0.2) is 5.43 Å². The summed E-state index contributed by atoms with van der Waals surface area (Å²) in [6.45, 7) is 16.6. The molecule has 0 spiro atoms. The Morgan fingerprint density at radius 1 is 1.02 bits per heavy atom. The van der Waals surface area contributed by atoms with Crippen LogP contribution < -0.4 is 16.1 Å². The van der Waals surface area contributed by atoms with Gasteiger partial charge in [0.05, 0.1) is 30.0 Å².